The summed E-state index contributed by atoms with van der Waals surface area (Å²) in [6.45, 7) is 0. The Morgan fingerprint density at radius 3 is 2.06 bits per heavy atom. The zero-order valence-electron chi connectivity index (χ0n) is 9.25. The molecule has 0 radical (unpaired) electrons. The second-order valence-electron chi connectivity index (χ2n) is 3.91. The van der Waals surface area contributed by atoms with Crippen LogP contribution in [0, 0.1) is 0 Å². The summed E-state index contributed by atoms with van der Waals surface area (Å²) in [5.41, 5.74) is 6.59. The van der Waals surface area contributed by atoms with Gasteiger partial charge in [0.15, 0.2) is 0 Å². The van der Waals surface area contributed by atoms with E-state index >= 15 is 0 Å². The molecule has 0 fully saturated rings. The van der Waals surface area contributed by atoms with Crippen molar-refractivity contribution < 1.29 is 13.2 Å². The molecule has 16 heavy (non-hydrogen) atoms. The Hall–Kier alpha value is -1.23. The van der Waals surface area contributed by atoms with E-state index in [1.54, 1.807) is 24.3 Å². The lowest BCUT2D eigenvalue weighted by Crippen LogP contribution is -2.39. The summed E-state index contributed by atoms with van der Waals surface area (Å²) in [4.78, 5) is 1.88. The Morgan fingerprint density at radius 2 is 1.69 bits per heavy atom. The fourth-order valence-electron chi connectivity index (χ4n) is 1.30. The van der Waals surface area contributed by atoms with Crippen LogP contribution in [0.5, 0.6) is 0 Å². The molecule has 2 N–H and O–H groups in total. The van der Waals surface area contributed by atoms with Crippen LogP contribution < -0.4 is 10.6 Å². The van der Waals surface area contributed by atoms with Gasteiger partial charge in [0.1, 0.15) is 6.04 Å². The molecule has 2 nitrogen and oxygen atoms in total. The molecule has 0 aliphatic rings. The lowest BCUT2D eigenvalue weighted by molar-refractivity contribution is -0.147. The van der Waals surface area contributed by atoms with Gasteiger partial charge in [-0.15, -0.1) is 0 Å². The summed E-state index contributed by atoms with van der Waals surface area (Å²) in [6.07, 6.45) is -4.52. The molecule has 0 heterocycles. The van der Waals surface area contributed by atoms with Crippen LogP contribution in [-0.4, -0.2) is 26.3 Å². The average Bonchev–Trinajstić information content (AvgIpc) is 2.17. The van der Waals surface area contributed by atoms with Gasteiger partial charge in [0.2, 0.25) is 0 Å². The molecule has 1 aromatic rings. The van der Waals surface area contributed by atoms with Crippen LogP contribution >= 0.6 is 0 Å². The maximum atomic E-state index is 12.2. The van der Waals surface area contributed by atoms with Crippen molar-refractivity contribution in [1.82, 2.24) is 0 Å². The van der Waals surface area contributed by atoms with Crippen LogP contribution in [-0.2, 0) is 6.42 Å². The van der Waals surface area contributed by atoms with Crippen LogP contribution in [0.4, 0.5) is 18.9 Å². The lowest BCUT2D eigenvalue weighted by atomic mass is 10.1. The molecule has 0 saturated heterocycles. The molecular weight excluding hydrogens is 217 g/mol. The summed E-state index contributed by atoms with van der Waals surface area (Å²) in [5.74, 6) is 0. The standard InChI is InChI=1S/C11H15F3N2/c1-16(2)9-5-3-8(4-6-9)7-10(15)11(12,13)14/h3-6,10H,7,15H2,1-2H3. The molecular formula is C11H15F3N2. The normalized spacial score (nSPS) is 13.6. The highest BCUT2D eigenvalue weighted by atomic mass is 19.4. The van der Waals surface area contributed by atoms with Gasteiger partial charge in [-0.2, -0.15) is 13.2 Å². The van der Waals surface area contributed by atoms with E-state index in [4.69, 9.17) is 5.73 Å². The van der Waals surface area contributed by atoms with Gasteiger partial charge in [-0.1, -0.05) is 12.1 Å². The van der Waals surface area contributed by atoms with Crippen molar-refractivity contribution in [3.63, 3.8) is 0 Å². The second kappa shape index (κ2) is 4.74. The van der Waals surface area contributed by atoms with Crippen molar-refractivity contribution in [1.29, 1.82) is 0 Å². The molecule has 0 bridgehead atoms. The molecule has 1 atom stereocenters. The van der Waals surface area contributed by atoms with E-state index in [9.17, 15) is 13.2 Å². The molecule has 0 aliphatic carbocycles. The molecule has 0 aromatic heterocycles. The first-order valence-corrected chi connectivity index (χ1v) is 4.89. The van der Waals surface area contributed by atoms with E-state index in [1.807, 2.05) is 19.0 Å². The van der Waals surface area contributed by atoms with E-state index in [-0.39, 0.29) is 6.42 Å². The first kappa shape index (κ1) is 12.8. The zero-order valence-corrected chi connectivity index (χ0v) is 9.25. The minimum absolute atomic E-state index is 0.183. The third-order valence-electron chi connectivity index (χ3n) is 2.33. The molecule has 0 saturated carbocycles. The van der Waals surface area contributed by atoms with Crippen LogP contribution in [0.15, 0.2) is 24.3 Å². The Bertz CT molecular complexity index is 330. The lowest BCUT2D eigenvalue weighted by Gasteiger charge is -2.16. The maximum absolute atomic E-state index is 12.2. The van der Waals surface area contributed by atoms with Gasteiger partial charge in [0, 0.05) is 19.8 Å². The number of alkyl halides is 3. The SMILES string of the molecule is CN(C)c1ccc(CC(N)C(F)(F)F)cc1. The molecule has 0 spiro atoms. The number of nitrogens with zero attached hydrogens (tertiary/aromatic N) is 1. The predicted molar refractivity (Wildman–Crippen MR) is 58.5 cm³/mol. The van der Waals surface area contributed by atoms with E-state index in [1.165, 1.54) is 0 Å². The first-order chi connectivity index (χ1) is 7.30. The van der Waals surface area contributed by atoms with E-state index < -0.39 is 12.2 Å². The van der Waals surface area contributed by atoms with Crippen molar-refractivity contribution in [2.75, 3.05) is 19.0 Å². The van der Waals surface area contributed by atoms with E-state index in [2.05, 4.69) is 0 Å². The Balaban J connectivity index is 2.69. The van der Waals surface area contributed by atoms with E-state index in [0.29, 0.717) is 5.56 Å². The quantitative estimate of drug-likeness (QED) is 0.865. The maximum Gasteiger partial charge on any atom is 0.403 e. The van der Waals surface area contributed by atoms with Crippen molar-refractivity contribution in [3.05, 3.63) is 29.8 Å². The summed E-state index contributed by atoms with van der Waals surface area (Å²) >= 11 is 0. The van der Waals surface area contributed by atoms with Gasteiger partial charge in [-0.05, 0) is 24.1 Å². The summed E-state index contributed by atoms with van der Waals surface area (Å²) in [5, 5.41) is 0. The number of hydrogen-bond acceptors (Lipinski definition) is 2. The third-order valence-corrected chi connectivity index (χ3v) is 2.33. The minimum Gasteiger partial charge on any atom is -0.378 e. The topological polar surface area (TPSA) is 29.3 Å². The number of rotatable bonds is 3. The van der Waals surface area contributed by atoms with Gasteiger partial charge in [-0.3, -0.25) is 0 Å². The second-order valence-corrected chi connectivity index (χ2v) is 3.91. The largest absolute Gasteiger partial charge is 0.403 e. The molecule has 1 rings (SSSR count). The molecule has 90 valence electrons. The molecule has 1 aromatic carbocycles. The van der Waals surface area contributed by atoms with Crippen molar-refractivity contribution in [2.45, 2.75) is 18.6 Å². The summed E-state index contributed by atoms with van der Waals surface area (Å²) in [6, 6.07) is 5.09. The first-order valence-electron chi connectivity index (χ1n) is 4.89. The number of nitrogens with two attached hydrogens (primary N) is 1. The van der Waals surface area contributed by atoms with Crippen LogP contribution in [0.1, 0.15) is 5.56 Å². The number of hydrogen-bond donors (Lipinski definition) is 1. The summed E-state index contributed by atoms with van der Waals surface area (Å²) in [7, 11) is 3.74. The average molecular weight is 232 g/mol. The van der Waals surface area contributed by atoms with Crippen LogP contribution in [0.3, 0.4) is 0 Å². The zero-order chi connectivity index (χ0) is 12.3. The molecule has 5 heteroatoms. The van der Waals surface area contributed by atoms with Gasteiger partial charge >= 0.3 is 6.18 Å². The summed E-state index contributed by atoms with van der Waals surface area (Å²) < 4.78 is 36.6. The fraction of sp³-hybridized carbons (Fsp3) is 0.455. The number of benzene rings is 1. The molecule has 0 amide bonds. The van der Waals surface area contributed by atoms with Crippen molar-refractivity contribution in [2.24, 2.45) is 5.73 Å². The van der Waals surface area contributed by atoms with Gasteiger partial charge < -0.3 is 10.6 Å². The number of halogens is 3. The minimum atomic E-state index is -4.33. The third kappa shape index (κ3) is 3.41. The Labute approximate surface area is 92.9 Å². The van der Waals surface area contributed by atoms with Crippen LogP contribution in [0.25, 0.3) is 0 Å². The highest BCUT2D eigenvalue weighted by Gasteiger charge is 2.36. The highest BCUT2D eigenvalue weighted by molar-refractivity contribution is 5.46. The van der Waals surface area contributed by atoms with Crippen molar-refractivity contribution in [3.8, 4) is 0 Å². The monoisotopic (exact) mass is 232 g/mol. The fourth-order valence-corrected chi connectivity index (χ4v) is 1.30. The Morgan fingerprint density at radius 1 is 1.19 bits per heavy atom. The number of anilines is 1. The highest BCUT2D eigenvalue weighted by Crippen LogP contribution is 2.22. The van der Waals surface area contributed by atoms with Crippen LogP contribution in [0.2, 0.25) is 0 Å². The molecule has 0 aliphatic heterocycles. The van der Waals surface area contributed by atoms with Crippen molar-refractivity contribution >= 4 is 5.69 Å². The predicted octanol–water partition coefficient (Wildman–Crippen LogP) is 2.18. The van der Waals surface area contributed by atoms with Gasteiger partial charge in [0.25, 0.3) is 0 Å². The smallest absolute Gasteiger partial charge is 0.378 e. The molecule has 1 unspecified atom stereocenters. The van der Waals surface area contributed by atoms with Gasteiger partial charge in [-0.25, -0.2) is 0 Å². The van der Waals surface area contributed by atoms with Gasteiger partial charge in [0.05, 0.1) is 0 Å². The Kier molecular flexibility index (Phi) is 3.80. The van der Waals surface area contributed by atoms with E-state index in [0.717, 1.165) is 5.69 Å².